The number of carbonyl (C=O) groups is 1. The average Bonchev–Trinajstić information content (AvgIpc) is 2.91. The van der Waals surface area contributed by atoms with E-state index in [0.717, 1.165) is 17.8 Å². The molecule has 0 aliphatic carbocycles. The molecule has 0 fully saturated rings. The predicted molar refractivity (Wildman–Crippen MR) is 67.7 cm³/mol. The lowest BCUT2D eigenvalue weighted by molar-refractivity contribution is 0.0945. The Morgan fingerprint density at radius 1 is 1.44 bits per heavy atom. The normalized spacial score (nSPS) is 17.9. The zero-order valence-corrected chi connectivity index (χ0v) is 10.4. The maximum Gasteiger partial charge on any atom is 0.297 e. The van der Waals surface area contributed by atoms with Crippen molar-refractivity contribution in [3.8, 4) is 0 Å². The third-order valence-electron chi connectivity index (χ3n) is 3.26. The molecule has 4 heteroatoms. The Kier molecular flexibility index (Phi) is 2.44. The SMILES string of the molecule is Cc1cc(C(=O)N2c3ccccc3C[C@@H]2C)on1. The number of aromatic nitrogens is 1. The Morgan fingerprint density at radius 2 is 2.22 bits per heavy atom. The van der Waals surface area contributed by atoms with Gasteiger partial charge in [0, 0.05) is 17.8 Å². The number of nitrogens with zero attached hydrogens (tertiary/aromatic N) is 2. The minimum absolute atomic E-state index is 0.118. The van der Waals surface area contributed by atoms with E-state index < -0.39 is 0 Å². The van der Waals surface area contributed by atoms with E-state index in [-0.39, 0.29) is 11.9 Å². The molecule has 18 heavy (non-hydrogen) atoms. The molecule has 92 valence electrons. The van der Waals surface area contributed by atoms with Gasteiger partial charge < -0.3 is 9.42 Å². The molecule has 4 nitrogen and oxygen atoms in total. The first-order valence-electron chi connectivity index (χ1n) is 6.01. The summed E-state index contributed by atoms with van der Waals surface area (Å²) in [5.74, 6) is 0.184. The summed E-state index contributed by atoms with van der Waals surface area (Å²) in [6.07, 6.45) is 0.884. The van der Waals surface area contributed by atoms with Crippen LogP contribution in [0, 0.1) is 6.92 Å². The second kappa shape index (κ2) is 3.98. The lowest BCUT2D eigenvalue weighted by atomic mass is 10.1. The minimum Gasteiger partial charge on any atom is -0.351 e. The zero-order valence-electron chi connectivity index (χ0n) is 10.4. The number of hydrogen-bond acceptors (Lipinski definition) is 3. The van der Waals surface area contributed by atoms with Gasteiger partial charge in [-0.25, -0.2) is 0 Å². The maximum absolute atomic E-state index is 12.4. The minimum atomic E-state index is -0.118. The zero-order chi connectivity index (χ0) is 12.7. The van der Waals surface area contributed by atoms with E-state index in [4.69, 9.17) is 4.52 Å². The highest BCUT2D eigenvalue weighted by molar-refractivity contribution is 6.06. The summed E-state index contributed by atoms with van der Waals surface area (Å²) in [5.41, 5.74) is 2.90. The van der Waals surface area contributed by atoms with Crippen molar-refractivity contribution in [1.82, 2.24) is 5.16 Å². The smallest absolute Gasteiger partial charge is 0.297 e. The van der Waals surface area contributed by atoms with E-state index in [1.807, 2.05) is 32.0 Å². The van der Waals surface area contributed by atoms with Gasteiger partial charge in [0.2, 0.25) is 5.76 Å². The van der Waals surface area contributed by atoms with Crippen molar-refractivity contribution in [3.05, 3.63) is 47.3 Å². The summed E-state index contributed by atoms with van der Waals surface area (Å²) in [7, 11) is 0. The quantitative estimate of drug-likeness (QED) is 0.772. The molecule has 1 amide bonds. The molecule has 2 aromatic rings. The van der Waals surface area contributed by atoms with Gasteiger partial charge in [0.15, 0.2) is 0 Å². The number of aryl methyl sites for hydroxylation is 1. The van der Waals surface area contributed by atoms with Crippen LogP contribution < -0.4 is 4.90 Å². The van der Waals surface area contributed by atoms with Gasteiger partial charge in [-0.05, 0) is 31.9 Å². The van der Waals surface area contributed by atoms with Gasteiger partial charge in [0.25, 0.3) is 5.91 Å². The van der Waals surface area contributed by atoms with Crippen molar-refractivity contribution < 1.29 is 9.32 Å². The third kappa shape index (κ3) is 1.61. The van der Waals surface area contributed by atoms with E-state index in [9.17, 15) is 4.79 Å². The summed E-state index contributed by atoms with van der Waals surface area (Å²) < 4.78 is 5.06. The van der Waals surface area contributed by atoms with Crippen LogP contribution in [-0.4, -0.2) is 17.1 Å². The van der Waals surface area contributed by atoms with Crippen molar-refractivity contribution in [2.24, 2.45) is 0 Å². The van der Waals surface area contributed by atoms with E-state index in [1.165, 1.54) is 5.56 Å². The molecular formula is C14H14N2O2. The average molecular weight is 242 g/mol. The summed E-state index contributed by atoms with van der Waals surface area (Å²) in [6.45, 7) is 3.85. The van der Waals surface area contributed by atoms with Crippen molar-refractivity contribution in [2.45, 2.75) is 26.3 Å². The number of fused-ring (bicyclic) bond motifs is 1. The topological polar surface area (TPSA) is 46.3 Å². The fraction of sp³-hybridized carbons (Fsp3) is 0.286. The van der Waals surface area contributed by atoms with Crippen molar-refractivity contribution in [2.75, 3.05) is 4.90 Å². The fourth-order valence-corrected chi connectivity index (χ4v) is 2.46. The second-order valence-electron chi connectivity index (χ2n) is 4.69. The molecule has 0 spiro atoms. The van der Waals surface area contributed by atoms with Crippen molar-refractivity contribution in [3.63, 3.8) is 0 Å². The van der Waals surface area contributed by atoms with Crippen LogP contribution in [0.4, 0.5) is 5.69 Å². The van der Waals surface area contributed by atoms with Gasteiger partial charge in [-0.3, -0.25) is 4.79 Å². The summed E-state index contributed by atoms with van der Waals surface area (Å²) in [6, 6.07) is 9.81. The molecule has 0 unspecified atom stereocenters. The first kappa shape index (κ1) is 11.0. The van der Waals surface area contributed by atoms with E-state index >= 15 is 0 Å². The molecule has 0 radical (unpaired) electrons. The fourth-order valence-electron chi connectivity index (χ4n) is 2.46. The monoisotopic (exact) mass is 242 g/mol. The standard InChI is InChI=1S/C14H14N2O2/c1-9-7-13(18-15-9)14(17)16-10(2)8-11-5-3-4-6-12(11)16/h3-7,10H,8H2,1-2H3/t10-/m0/s1. The molecule has 0 saturated heterocycles. The molecule has 0 bridgehead atoms. The number of anilines is 1. The van der Waals surface area contributed by atoms with Crippen LogP contribution in [0.1, 0.15) is 28.7 Å². The lowest BCUT2D eigenvalue weighted by Crippen LogP contribution is -2.35. The Labute approximate surface area is 105 Å². The molecule has 1 atom stereocenters. The van der Waals surface area contributed by atoms with E-state index in [2.05, 4.69) is 11.2 Å². The van der Waals surface area contributed by atoms with Crippen LogP contribution >= 0.6 is 0 Å². The van der Waals surface area contributed by atoms with Crippen LogP contribution in [-0.2, 0) is 6.42 Å². The molecule has 0 saturated carbocycles. The predicted octanol–water partition coefficient (Wildman–Crippen LogP) is 2.57. The number of hydrogen-bond donors (Lipinski definition) is 0. The van der Waals surface area contributed by atoms with Gasteiger partial charge in [0.1, 0.15) is 0 Å². The number of rotatable bonds is 1. The Hall–Kier alpha value is -2.10. The van der Waals surface area contributed by atoms with Crippen LogP contribution in [0.5, 0.6) is 0 Å². The van der Waals surface area contributed by atoms with Crippen LogP contribution in [0.15, 0.2) is 34.9 Å². The summed E-state index contributed by atoms with van der Waals surface area (Å²) in [5, 5.41) is 3.77. The van der Waals surface area contributed by atoms with E-state index in [1.54, 1.807) is 11.0 Å². The molecule has 3 rings (SSSR count). The number of carbonyl (C=O) groups excluding carboxylic acids is 1. The van der Waals surface area contributed by atoms with Gasteiger partial charge >= 0.3 is 0 Å². The van der Waals surface area contributed by atoms with Gasteiger partial charge in [-0.15, -0.1) is 0 Å². The number of benzene rings is 1. The first-order chi connectivity index (χ1) is 8.66. The summed E-state index contributed by atoms with van der Waals surface area (Å²) >= 11 is 0. The lowest BCUT2D eigenvalue weighted by Gasteiger charge is -2.20. The number of amides is 1. The molecule has 1 aromatic carbocycles. The Bertz CT molecular complexity index is 603. The molecular weight excluding hydrogens is 228 g/mol. The third-order valence-corrected chi connectivity index (χ3v) is 3.26. The highest BCUT2D eigenvalue weighted by Crippen LogP contribution is 2.32. The first-order valence-corrected chi connectivity index (χ1v) is 6.01. The van der Waals surface area contributed by atoms with Crippen LogP contribution in [0.25, 0.3) is 0 Å². The van der Waals surface area contributed by atoms with E-state index in [0.29, 0.717) is 5.76 Å². The largest absolute Gasteiger partial charge is 0.351 e. The summed E-state index contributed by atoms with van der Waals surface area (Å²) in [4.78, 5) is 14.2. The molecule has 2 heterocycles. The molecule has 1 aliphatic rings. The maximum atomic E-state index is 12.4. The molecule has 1 aliphatic heterocycles. The van der Waals surface area contributed by atoms with Gasteiger partial charge in [-0.1, -0.05) is 23.4 Å². The molecule has 0 N–H and O–H groups in total. The molecule has 1 aromatic heterocycles. The van der Waals surface area contributed by atoms with Gasteiger partial charge in [-0.2, -0.15) is 0 Å². The van der Waals surface area contributed by atoms with Crippen molar-refractivity contribution in [1.29, 1.82) is 0 Å². The van der Waals surface area contributed by atoms with Crippen molar-refractivity contribution >= 4 is 11.6 Å². The van der Waals surface area contributed by atoms with Gasteiger partial charge in [0.05, 0.1) is 5.69 Å². The Balaban J connectivity index is 2.00. The second-order valence-corrected chi connectivity index (χ2v) is 4.69. The van der Waals surface area contributed by atoms with Crippen LogP contribution in [0.2, 0.25) is 0 Å². The Morgan fingerprint density at radius 3 is 2.94 bits per heavy atom. The van der Waals surface area contributed by atoms with Crippen LogP contribution in [0.3, 0.4) is 0 Å². The highest BCUT2D eigenvalue weighted by atomic mass is 16.5. The highest BCUT2D eigenvalue weighted by Gasteiger charge is 2.32. The number of para-hydroxylation sites is 1.